The van der Waals surface area contributed by atoms with Crippen LogP contribution in [0.1, 0.15) is 65.2 Å². The van der Waals surface area contributed by atoms with Crippen LogP contribution >= 0.6 is 11.3 Å². The number of ether oxygens (including phenoxy) is 2. The third-order valence-corrected chi connectivity index (χ3v) is 6.65. The van der Waals surface area contributed by atoms with Crippen LogP contribution in [0.3, 0.4) is 0 Å². The van der Waals surface area contributed by atoms with Crippen LogP contribution in [0.15, 0.2) is 54.6 Å². The van der Waals surface area contributed by atoms with Crippen LogP contribution in [0, 0.1) is 0 Å². The Morgan fingerprint density at radius 2 is 1.59 bits per heavy atom. The molecule has 2 aromatic carbocycles. The fourth-order valence-electron chi connectivity index (χ4n) is 3.63. The molecule has 0 atom stereocenters. The summed E-state index contributed by atoms with van der Waals surface area (Å²) in [6.45, 7) is 7.04. The van der Waals surface area contributed by atoms with Crippen LogP contribution in [0.2, 0.25) is 0 Å². The van der Waals surface area contributed by atoms with Crippen LogP contribution in [0.4, 0.5) is 5.69 Å². The van der Waals surface area contributed by atoms with Gasteiger partial charge in [0.15, 0.2) is 6.29 Å². The maximum Gasteiger partial charge on any atom is 0.160 e. The van der Waals surface area contributed by atoms with E-state index in [1.165, 1.54) is 42.7 Å². The van der Waals surface area contributed by atoms with Gasteiger partial charge in [-0.05, 0) is 67.0 Å². The van der Waals surface area contributed by atoms with E-state index in [0.29, 0.717) is 6.61 Å². The van der Waals surface area contributed by atoms with Gasteiger partial charge in [-0.25, -0.2) is 0 Å². The molecule has 4 nitrogen and oxygen atoms in total. The molecule has 180 valence electrons. The van der Waals surface area contributed by atoms with E-state index in [1.807, 2.05) is 42.5 Å². The van der Waals surface area contributed by atoms with Crippen LogP contribution in [-0.4, -0.2) is 26.5 Å². The quantitative estimate of drug-likeness (QED) is 0.223. The second-order valence-electron chi connectivity index (χ2n) is 8.24. The summed E-state index contributed by atoms with van der Waals surface area (Å²) < 4.78 is 11.6. The van der Waals surface area contributed by atoms with Crippen molar-refractivity contribution in [1.82, 2.24) is 0 Å². The largest absolute Gasteiger partial charge is 0.497 e. The van der Waals surface area contributed by atoms with E-state index in [0.717, 1.165) is 51.8 Å². The number of aldehydes is 1. The van der Waals surface area contributed by atoms with Crippen molar-refractivity contribution in [3.63, 3.8) is 0 Å². The molecule has 0 amide bonds. The number of unbranched alkanes of at least 4 members (excludes halogenated alkanes) is 2. The van der Waals surface area contributed by atoms with Gasteiger partial charge in [-0.15, -0.1) is 11.3 Å². The maximum atomic E-state index is 11.0. The third kappa shape index (κ3) is 7.49. The fraction of sp³-hybridized carbons (Fsp3) is 0.345. The molecule has 1 heterocycles. The molecular weight excluding hydrogens is 442 g/mol. The van der Waals surface area contributed by atoms with Crippen molar-refractivity contribution in [3.05, 3.63) is 75.5 Å². The summed E-state index contributed by atoms with van der Waals surface area (Å²) in [5, 5.41) is 0. The second kappa shape index (κ2) is 13.6. The Hall–Kier alpha value is -3.05. The molecular formula is C29H35NO3S. The van der Waals surface area contributed by atoms with E-state index in [4.69, 9.17) is 9.47 Å². The second-order valence-corrected chi connectivity index (χ2v) is 9.39. The van der Waals surface area contributed by atoms with E-state index in [-0.39, 0.29) is 0 Å². The number of methoxy groups -OCH3 is 1. The minimum Gasteiger partial charge on any atom is -0.497 e. The summed E-state index contributed by atoms with van der Waals surface area (Å²) >= 11 is 1.48. The highest BCUT2D eigenvalue weighted by Gasteiger charge is 2.10. The van der Waals surface area contributed by atoms with E-state index < -0.39 is 0 Å². The number of hydrogen-bond acceptors (Lipinski definition) is 5. The lowest BCUT2D eigenvalue weighted by atomic mass is 10.1. The average molecular weight is 478 g/mol. The highest BCUT2D eigenvalue weighted by molar-refractivity contribution is 7.14. The number of benzene rings is 2. The van der Waals surface area contributed by atoms with E-state index in [2.05, 4.69) is 43.0 Å². The van der Waals surface area contributed by atoms with Gasteiger partial charge >= 0.3 is 0 Å². The summed E-state index contributed by atoms with van der Waals surface area (Å²) in [4.78, 5) is 15.3. The van der Waals surface area contributed by atoms with E-state index in [9.17, 15) is 4.79 Å². The van der Waals surface area contributed by atoms with Gasteiger partial charge in [-0.3, -0.25) is 4.79 Å². The summed E-state index contributed by atoms with van der Waals surface area (Å²) in [6.07, 6.45) is 9.69. The predicted octanol–water partition coefficient (Wildman–Crippen LogP) is 7.73. The average Bonchev–Trinajstić information content (AvgIpc) is 3.35. The zero-order chi connectivity index (χ0) is 24.2. The van der Waals surface area contributed by atoms with Gasteiger partial charge in [0.05, 0.1) is 12.0 Å². The van der Waals surface area contributed by atoms with Crippen molar-refractivity contribution in [2.24, 2.45) is 0 Å². The van der Waals surface area contributed by atoms with Gasteiger partial charge in [-0.2, -0.15) is 0 Å². The molecule has 3 aromatic rings. The number of thiophene rings is 1. The monoisotopic (exact) mass is 477 g/mol. The molecule has 0 unspecified atom stereocenters. The lowest BCUT2D eigenvalue weighted by Crippen LogP contribution is -2.25. The molecule has 34 heavy (non-hydrogen) atoms. The van der Waals surface area contributed by atoms with Crippen molar-refractivity contribution in [3.8, 4) is 11.5 Å². The summed E-state index contributed by atoms with van der Waals surface area (Å²) in [5.41, 5.74) is 3.30. The highest BCUT2D eigenvalue weighted by Crippen LogP contribution is 2.30. The first-order valence-corrected chi connectivity index (χ1v) is 12.9. The number of anilines is 1. The Labute approximate surface area is 207 Å². The smallest absolute Gasteiger partial charge is 0.160 e. The maximum absolute atomic E-state index is 11.0. The highest BCUT2D eigenvalue weighted by atomic mass is 32.1. The number of nitrogens with zero attached hydrogens (tertiary/aromatic N) is 1. The van der Waals surface area contributed by atoms with Crippen LogP contribution in [-0.2, 0) is 6.61 Å². The Bertz CT molecular complexity index is 1050. The number of rotatable bonds is 14. The predicted molar refractivity (Wildman–Crippen MR) is 144 cm³/mol. The molecule has 0 fully saturated rings. The van der Waals surface area contributed by atoms with Crippen LogP contribution < -0.4 is 14.4 Å². The normalized spacial score (nSPS) is 11.0. The molecule has 0 saturated heterocycles. The summed E-state index contributed by atoms with van der Waals surface area (Å²) in [6, 6.07) is 18.3. The molecule has 0 aliphatic carbocycles. The fourth-order valence-corrected chi connectivity index (χ4v) is 4.35. The summed E-state index contributed by atoms with van der Waals surface area (Å²) in [7, 11) is 1.67. The Kier molecular flexibility index (Phi) is 10.2. The molecule has 1 aromatic heterocycles. The van der Waals surface area contributed by atoms with Gasteiger partial charge in [0.25, 0.3) is 0 Å². The molecule has 0 radical (unpaired) electrons. The van der Waals surface area contributed by atoms with Gasteiger partial charge in [0, 0.05) is 35.3 Å². The molecule has 0 aliphatic heterocycles. The molecule has 0 spiro atoms. The Balaban J connectivity index is 1.86. The minimum atomic E-state index is 0.479. The molecule has 0 N–H and O–H groups in total. The van der Waals surface area contributed by atoms with Gasteiger partial charge in [0.2, 0.25) is 0 Å². The van der Waals surface area contributed by atoms with Crippen molar-refractivity contribution >= 4 is 35.5 Å². The lowest BCUT2D eigenvalue weighted by molar-refractivity contribution is 0.112. The van der Waals surface area contributed by atoms with Crippen molar-refractivity contribution in [2.75, 3.05) is 25.1 Å². The standard InChI is InChI=1S/C29H35NO3S/c1-4-6-18-30(19-7-5-2)25-12-10-24(11-15-27-16-17-28(21-31)34-27)29(20-25)33-22-23-8-13-26(32-3)14-9-23/h8-17,20-21H,4-7,18-19,22H2,1-3H3/b15-11+. The van der Waals surface area contributed by atoms with Crippen LogP contribution in [0.5, 0.6) is 11.5 Å². The molecule has 0 aliphatic rings. The van der Waals surface area contributed by atoms with Gasteiger partial charge in [0.1, 0.15) is 18.1 Å². The lowest BCUT2D eigenvalue weighted by Gasteiger charge is -2.25. The number of carbonyl (C=O) groups is 1. The topological polar surface area (TPSA) is 38.8 Å². The zero-order valence-electron chi connectivity index (χ0n) is 20.5. The summed E-state index contributed by atoms with van der Waals surface area (Å²) in [5.74, 6) is 1.69. The van der Waals surface area contributed by atoms with Crippen molar-refractivity contribution in [2.45, 2.75) is 46.1 Å². The first-order valence-electron chi connectivity index (χ1n) is 12.0. The Morgan fingerprint density at radius 1 is 0.882 bits per heavy atom. The van der Waals surface area contributed by atoms with Crippen LogP contribution in [0.25, 0.3) is 12.2 Å². The van der Waals surface area contributed by atoms with Gasteiger partial charge in [-0.1, -0.05) is 38.8 Å². The first kappa shape index (κ1) is 25.6. The third-order valence-electron chi connectivity index (χ3n) is 5.67. The molecule has 0 bridgehead atoms. The Morgan fingerprint density at radius 3 is 2.21 bits per heavy atom. The zero-order valence-corrected chi connectivity index (χ0v) is 21.3. The number of hydrogen-bond donors (Lipinski definition) is 0. The molecule has 3 rings (SSSR count). The van der Waals surface area contributed by atoms with Crippen molar-refractivity contribution < 1.29 is 14.3 Å². The first-order chi connectivity index (χ1) is 16.7. The van der Waals surface area contributed by atoms with E-state index in [1.54, 1.807) is 7.11 Å². The number of carbonyl (C=O) groups excluding carboxylic acids is 1. The SMILES string of the molecule is CCCCN(CCCC)c1ccc(/C=C/c2ccc(C=O)s2)c(OCc2ccc(OC)cc2)c1. The molecule has 0 saturated carbocycles. The molecule has 5 heteroatoms. The van der Waals surface area contributed by atoms with Gasteiger partial charge < -0.3 is 14.4 Å². The van der Waals surface area contributed by atoms with E-state index >= 15 is 0 Å². The minimum absolute atomic E-state index is 0.479. The van der Waals surface area contributed by atoms with Crippen molar-refractivity contribution in [1.29, 1.82) is 0 Å².